The molecular formula is C20H24N2O4S. The quantitative estimate of drug-likeness (QED) is 0.545. The van der Waals surface area contributed by atoms with Gasteiger partial charge in [0.1, 0.15) is 0 Å². The monoisotopic (exact) mass is 388 g/mol. The van der Waals surface area contributed by atoms with E-state index in [1.165, 1.54) is 11.3 Å². The number of hydrogen-bond acceptors (Lipinski definition) is 4. The van der Waals surface area contributed by atoms with Crippen molar-refractivity contribution in [3.63, 3.8) is 0 Å². The maximum absolute atomic E-state index is 11.9. The second kappa shape index (κ2) is 10.5. The summed E-state index contributed by atoms with van der Waals surface area (Å²) in [5.74, 6) is -1.97. The smallest absolute Gasteiger partial charge is 0.308 e. The van der Waals surface area contributed by atoms with E-state index >= 15 is 0 Å². The van der Waals surface area contributed by atoms with E-state index in [9.17, 15) is 19.5 Å². The highest BCUT2D eigenvalue weighted by molar-refractivity contribution is 7.08. The Bertz CT molecular complexity index is 774. The molecule has 0 spiro atoms. The molecule has 0 saturated heterocycles. The first-order valence-corrected chi connectivity index (χ1v) is 9.75. The number of aliphatic carboxylic acids is 1. The second-order valence-corrected chi connectivity index (χ2v) is 7.18. The van der Waals surface area contributed by atoms with Gasteiger partial charge in [-0.1, -0.05) is 29.8 Å². The number of hydrogen-bond donors (Lipinski definition) is 3. The van der Waals surface area contributed by atoms with E-state index in [2.05, 4.69) is 10.6 Å². The van der Waals surface area contributed by atoms with E-state index in [0.717, 1.165) is 11.1 Å². The molecule has 0 aliphatic heterocycles. The van der Waals surface area contributed by atoms with Crippen molar-refractivity contribution in [1.82, 2.24) is 10.6 Å². The lowest BCUT2D eigenvalue weighted by molar-refractivity contribution is -0.141. The molecule has 0 bridgehead atoms. The summed E-state index contributed by atoms with van der Waals surface area (Å²) in [4.78, 5) is 35.2. The van der Waals surface area contributed by atoms with Crippen LogP contribution in [0.5, 0.6) is 0 Å². The lowest BCUT2D eigenvalue weighted by Gasteiger charge is -2.14. The summed E-state index contributed by atoms with van der Waals surface area (Å²) in [6.45, 7) is 2.44. The van der Waals surface area contributed by atoms with Gasteiger partial charge in [0.15, 0.2) is 0 Å². The number of carboxylic acids is 1. The van der Waals surface area contributed by atoms with Gasteiger partial charge in [-0.05, 0) is 36.8 Å². The van der Waals surface area contributed by atoms with Crippen molar-refractivity contribution < 1.29 is 19.5 Å². The molecule has 1 heterocycles. The van der Waals surface area contributed by atoms with Gasteiger partial charge in [0.2, 0.25) is 5.91 Å². The molecule has 0 aliphatic rings. The third-order valence-corrected chi connectivity index (χ3v) is 4.79. The number of rotatable bonds is 10. The Balaban J connectivity index is 1.69. The van der Waals surface area contributed by atoms with Crippen LogP contribution in [0.2, 0.25) is 0 Å². The van der Waals surface area contributed by atoms with Crippen molar-refractivity contribution in [3.05, 3.63) is 57.8 Å². The number of thiophene rings is 1. The van der Waals surface area contributed by atoms with Crippen molar-refractivity contribution in [2.75, 3.05) is 13.1 Å². The normalized spacial score (nSPS) is 11.6. The predicted molar refractivity (Wildman–Crippen MR) is 105 cm³/mol. The van der Waals surface area contributed by atoms with Crippen LogP contribution in [0.3, 0.4) is 0 Å². The van der Waals surface area contributed by atoms with Gasteiger partial charge in [0.05, 0.1) is 5.92 Å². The second-order valence-electron chi connectivity index (χ2n) is 6.40. The Morgan fingerprint density at radius 2 is 2.00 bits per heavy atom. The summed E-state index contributed by atoms with van der Waals surface area (Å²) in [6, 6.07) is 9.44. The standard InChI is InChI=1S/C20H24N2O4S/c1-14-4-2-5-15(10-14)11-17(20(25)26)12-22-18(23)6-3-8-21-19(24)16-7-9-27-13-16/h2,4-5,7,9-10,13,17H,3,6,8,11-12H2,1H3,(H,21,24)(H,22,23)(H,25,26). The first-order chi connectivity index (χ1) is 13.0. The third kappa shape index (κ3) is 7.22. The van der Waals surface area contributed by atoms with Crippen molar-refractivity contribution in [1.29, 1.82) is 0 Å². The Morgan fingerprint density at radius 3 is 2.67 bits per heavy atom. The molecule has 1 aromatic carbocycles. The molecule has 7 heteroatoms. The topological polar surface area (TPSA) is 95.5 Å². The van der Waals surface area contributed by atoms with Crippen molar-refractivity contribution in [2.45, 2.75) is 26.2 Å². The van der Waals surface area contributed by atoms with Crippen molar-refractivity contribution >= 4 is 29.1 Å². The molecule has 2 amide bonds. The molecular weight excluding hydrogens is 364 g/mol. The number of nitrogens with one attached hydrogen (secondary N) is 2. The maximum atomic E-state index is 11.9. The fourth-order valence-electron chi connectivity index (χ4n) is 2.64. The average Bonchev–Trinajstić information content (AvgIpc) is 3.16. The molecule has 0 saturated carbocycles. The zero-order chi connectivity index (χ0) is 19.6. The van der Waals surface area contributed by atoms with Crippen molar-refractivity contribution in [2.24, 2.45) is 5.92 Å². The van der Waals surface area contributed by atoms with E-state index in [1.54, 1.807) is 11.4 Å². The third-order valence-electron chi connectivity index (χ3n) is 4.11. The zero-order valence-electron chi connectivity index (χ0n) is 15.2. The fourth-order valence-corrected chi connectivity index (χ4v) is 3.28. The van der Waals surface area contributed by atoms with Gasteiger partial charge in [-0.2, -0.15) is 11.3 Å². The highest BCUT2D eigenvalue weighted by atomic mass is 32.1. The Morgan fingerprint density at radius 1 is 1.19 bits per heavy atom. The van der Waals surface area contributed by atoms with E-state index in [0.29, 0.717) is 24.9 Å². The molecule has 1 atom stereocenters. The van der Waals surface area contributed by atoms with Crippen LogP contribution in [0.25, 0.3) is 0 Å². The van der Waals surface area contributed by atoms with Crippen LogP contribution in [-0.2, 0) is 16.0 Å². The largest absolute Gasteiger partial charge is 0.481 e. The summed E-state index contributed by atoms with van der Waals surface area (Å²) >= 11 is 1.45. The Hall–Kier alpha value is -2.67. The van der Waals surface area contributed by atoms with Gasteiger partial charge in [0, 0.05) is 30.5 Å². The predicted octanol–water partition coefficient (Wildman–Crippen LogP) is 2.63. The van der Waals surface area contributed by atoms with Gasteiger partial charge >= 0.3 is 5.97 Å². The highest BCUT2D eigenvalue weighted by Crippen LogP contribution is 2.11. The number of carbonyl (C=O) groups excluding carboxylic acids is 2. The minimum absolute atomic E-state index is 0.0867. The van der Waals surface area contributed by atoms with Crippen LogP contribution in [0.1, 0.15) is 34.3 Å². The van der Waals surface area contributed by atoms with Gasteiger partial charge in [-0.3, -0.25) is 14.4 Å². The van der Waals surface area contributed by atoms with Crippen LogP contribution in [-0.4, -0.2) is 36.0 Å². The number of benzene rings is 1. The summed E-state index contributed by atoms with van der Waals surface area (Å²) in [5, 5.41) is 18.4. The molecule has 2 rings (SSSR count). The SMILES string of the molecule is Cc1cccc(CC(CNC(=O)CCCNC(=O)c2ccsc2)C(=O)O)c1. The molecule has 2 aromatic rings. The number of aryl methyl sites for hydroxylation is 1. The molecule has 0 aliphatic carbocycles. The lowest BCUT2D eigenvalue weighted by atomic mass is 9.98. The summed E-state index contributed by atoms with van der Waals surface area (Å²) in [5.41, 5.74) is 2.63. The van der Waals surface area contributed by atoms with Crippen LogP contribution >= 0.6 is 11.3 Å². The first kappa shape index (κ1) is 20.6. The van der Waals surface area contributed by atoms with Crippen LogP contribution in [0, 0.1) is 12.8 Å². The van der Waals surface area contributed by atoms with Crippen LogP contribution in [0.15, 0.2) is 41.1 Å². The lowest BCUT2D eigenvalue weighted by Crippen LogP contribution is -2.34. The molecule has 6 nitrogen and oxygen atoms in total. The van der Waals surface area contributed by atoms with Crippen LogP contribution in [0.4, 0.5) is 0 Å². The van der Waals surface area contributed by atoms with E-state index in [4.69, 9.17) is 0 Å². The zero-order valence-corrected chi connectivity index (χ0v) is 16.1. The molecule has 0 radical (unpaired) electrons. The minimum Gasteiger partial charge on any atom is -0.481 e. The molecule has 1 aromatic heterocycles. The van der Waals surface area contributed by atoms with Crippen molar-refractivity contribution in [3.8, 4) is 0 Å². The van der Waals surface area contributed by atoms with E-state index < -0.39 is 11.9 Å². The summed E-state index contributed by atoms with van der Waals surface area (Å²) in [7, 11) is 0. The van der Waals surface area contributed by atoms with E-state index in [-0.39, 0.29) is 24.8 Å². The Labute approximate surface area is 162 Å². The molecule has 3 N–H and O–H groups in total. The molecule has 144 valence electrons. The maximum Gasteiger partial charge on any atom is 0.308 e. The van der Waals surface area contributed by atoms with Gasteiger partial charge in [-0.15, -0.1) is 0 Å². The highest BCUT2D eigenvalue weighted by Gasteiger charge is 2.19. The van der Waals surface area contributed by atoms with E-state index in [1.807, 2.05) is 36.6 Å². The first-order valence-electron chi connectivity index (χ1n) is 8.81. The minimum atomic E-state index is -0.931. The number of carbonyl (C=O) groups is 3. The van der Waals surface area contributed by atoms with Gasteiger partial charge in [-0.25, -0.2) is 0 Å². The number of amides is 2. The number of carboxylic acid groups (broad SMARTS) is 1. The Kier molecular flexibility index (Phi) is 8.00. The molecule has 1 unspecified atom stereocenters. The average molecular weight is 388 g/mol. The molecule has 27 heavy (non-hydrogen) atoms. The van der Waals surface area contributed by atoms with Gasteiger partial charge in [0.25, 0.3) is 5.91 Å². The van der Waals surface area contributed by atoms with Crippen LogP contribution < -0.4 is 10.6 Å². The van der Waals surface area contributed by atoms with Gasteiger partial charge < -0.3 is 15.7 Å². The summed E-state index contributed by atoms with van der Waals surface area (Å²) < 4.78 is 0. The fraction of sp³-hybridized carbons (Fsp3) is 0.350. The molecule has 0 fully saturated rings. The summed E-state index contributed by atoms with van der Waals surface area (Å²) in [6.07, 6.45) is 1.10.